The van der Waals surface area contributed by atoms with E-state index in [0.717, 1.165) is 74.4 Å². The van der Waals surface area contributed by atoms with Crippen LogP contribution >= 0.6 is 0 Å². The van der Waals surface area contributed by atoms with E-state index in [0.29, 0.717) is 6.54 Å². The molecule has 180 valence electrons. The van der Waals surface area contributed by atoms with Crippen LogP contribution in [0.2, 0.25) is 0 Å². The summed E-state index contributed by atoms with van der Waals surface area (Å²) in [4.78, 5) is 27.4. The molecule has 7 heteroatoms. The summed E-state index contributed by atoms with van der Waals surface area (Å²) in [6.45, 7) is 4.65. The van der Waals surface area contributed by atoms with Gasteiger partial charge in [-0.05, 0) is 55.5 Å². The highest BCUT2D eigenvalue weighted by molar-refractivity contribution is 5.84. The number of nitrogens with one attached hydrogen (secondary N) is 1. The molecule has 0 bridgehead atoms. The van der Waals surface area contributed by atoms with Crippen LogP contribution in [0.5, 0.6) is 0 Å². The first-order valence-corrected chi connectivity index (χ1v) is 12.8. The zero-order valence-electron chi connectivity index (χ0n) is 20.0. The molecule has 1 N–H and O–H groups in total. The number of rotatable bonds is 5. The van der Waals surface area contributed by atoms with Gasteiger partial charge in [-0.3, -0.25) is 9.69 Å². The number of nitrogens with zero attached hydrogens (tertiary/aromatic N) is 5. The van der Waals surface area contributed by atoms with E-state index in [1.165, 1.54) is 5.56 Å². The number of hydrogen-bond acceptors (Lipinski definition) is 5. The molecule has 2 aliphatic heterocycles. The van der Waals surface area contributed by atoms with Gasteiger partial charge in [-0.15, -0.1) is 0 Å². The summed E-state index contributed by atoms with van der Waals surface area (Å²) >= 11 is 0. The van der Waals surface area contributed by atoms with Crippen molar-refractivity contribution in [1.29, 1.82) is 0 Å². The number of benzene rings is 1. The summed E-state index contributed by atoms with van der Waals surface area (Å²) in [5.41, 5.74) is 4.16. The number of pyridine rings is 1. The fraction of sp³-hybridized carbons (Fsp3) is 0.393. The highest BCUT2D eigenvalue weighted by Crippen LogP contribution is 2.28. The number of carbonyl (C=O) groups is 1. The fourth-order valence-electron chi connectivity index (χ4n) is 5.61. The molecule has 0 unspecified atom stereocenters. The summed E-state index contributed by atoms with van der Waals surface area (Å²) in [6.07, 6.45) is 7.78. The van der Waals surface area contributed by atoms with Crippen LogP contribution < -0.4 is 10.2 Å². The SMILES string of the molecule is O=C(NC1CCN(Cc2ccccc2)CC1)[C@H]1CCCN(c2nc3ncccc3n3cccc23)C1. The van der Waals surface area contributed by atoms with Crippen LogP contribution in [0, 0.1) is 5.92 Å². The lowest BCUT2D eigenvalue weighted by Crippen LogP contribution is -2.49. The number of anilines is 1. The van der Waals surface area contributed by atoms with Gasteiger partial charge in [0.05, 0.1) is 17.0 Å². The molecule has 35 heavy (non-hydrogen) atoms. The molecule has 2 aliphatic rings. The second-order valence-electron chi connectivity index (χ2n) is 9.87. The van der Waals surface area contributed by atoms with Crippen molar-refractivity contribution in [3.8, 4) is 0 Å². The normalized spacial score (nSPS) is 19.9. The van der Waals surface area contributed by atoms with E-state index in [9.17, 15) is 4.79 Å². The van der Waals surface area contributed by atoms with Gasteiger partial charge in [0.25, 0.3) is 0 Å². The van der Waals surface area contributed by atoms with Gasteiger partial charge in [-0.2, -0.15) is 0 Å². The molecule has 7 nitrogen and oxygen atoms in total. The Bertz CT molecular complexity index is 1310. The van der Waals surface area contributed by atoms with Crippen molar-refractivity contribution in [3.63, 3.8) is 0 Å². The van der Waals surface area contributed by atoms with E-state index in [4.69, 9.17) is 4.98 Å². The molecule has 1 amide bonds. The van der Waals surface area contributed by atoms with Crippen LogP contribution in [0.4, 0.5) is 5.82 Å². The lowest BCUT2D eigenvalue weighted by molar-refractivity contribution is -0.126. The summed E-state index contributed by atoms with van der Waals surface area (Å²) < 4.78 is 2.15. The number of amides is 1. The zero-order valence-corrected chi connectivity index (χ0v) is 20.0. The van der Waals surface area contributed by atoms with Crippen molar-refractivity contribution in [2.75, 3.05) is 31.1 Å². The van der Waals surface area contributed by atoms with Gasteiger partial charge in [-0.25, -0.2) is 9.97 Å². The van der Waals surface area contributed by atoms with E-state index in [1.807, 2.05) is 18.2 Å². The molecule has 2 saturated heterocycles. The summed E-state index contributed by atoms with van der Waals surface area (Å²) in [5.74, 6) is 1.11. The Labute approximate surface area is 205 Å². The van der Waals surface area contributed by atoms with Crippen molar-refractivity contribution in [2.24, 2.45) is 5.92 Å². The number of hydrogen-bond donors (Lipinski definition) is 1. The minimum atomic E-state index is -0.0117. The second kappa shape index (κ2) is 9.66. The van der Waals surface area contributed by atoms with Gasteiger partial charge in [0.2, 0.25) is 5.91 Å². The van der Waals surface area contributed by atoms with E-state index < -0.39 is 0 Å². The van der Waals surface area contributed by atoms with Crippen LogP contribution in [-0.2, 0) is 11.3 Å². The minimum Gasteiger partial charge on any atom is -0.354 e. The standard InChI is InChI=1S/C28H32N6O/c35-28(30-23-12-17-32(18-13-23)19-21-7-2-1-3-8-21)22-9-5-15-33(20-22)27-25-11-6-16-34(25)24-10-4-14-29-26(24)31-27/h1-4,6-8,10-11,14,16,22-23H,5,9,12-13,15,17-20H2,(H,30,35)/t22-/m0/s1. The van der Waals surface area contributed by atoms with Crippen molar-refractivity contribution in [1.82, 2.24) is 24.6 Å². The first-order valence-electron chi connectivity index (χ1n) is 12.8. The average Bonchev–Trinajstić information content (AvgIpc) is 3.40. The zero-order chi connectivity index (χ0) is 23.6. The first-order chi connectivity index (χ1) is 17.2. The van der Waals surface area contributed by atoms with Gasteiger partial charge >= 0.3 is 0 Å². The van der Waals surface area contributed by atoms with Gasteiger partial charge in [0, 0.05) is 51.2 Å². The number of likely N-dealkylation sites (tertiary alicyclic amines) is 1. The van der Waals surface area contributed by atoms with Crippen molar-refractivity contribution in [3.05, 3.63) is 72.6 Å². The van der Waals surface area contributed by atoms with Crippen molar-refractivity contribution < 1.29 is 4.79 Å². The maximum atomic E-state index is 13.3. The predicted octanol–water partition coefficient (Wildman–Crippen LogP) is 3.88. The molecule has 0 radical (unpaired) electrons. The molecule has 2 fully saturated rings. The van der Waals surface area contributed by atoms with Gasteiger partial charge in [0.1, 0.15) is 0 Å². The monoisotopic (exact) mass is 468 g/mol. The first kappa shape index (κ1) is 22.0. The van der Waals surface area contributed by atoms with Crippen LogP contribution in [0.25, 0.3) is 16.7 Å². The molecule has 6 rings (SSSR count). The quantitative estimate of drug-likeness (QED) is 0.482. The van der Waals surface area contributed by atoms with E-state index >= 15 is 0 Å². The fourth-order valence-corrected chi connectivity index (χ4v) is 5.61. The molecule has 5 heterocycles. The minimum absolute atomic E-state index is 0.0117. The van der Waals surface area contributed by atoms with Crippen LogP contribution in [0.1, 0.15) is 31.2 Å². The highest BCUT2D eigenvalue weighted by Gasteiger charge is 2.30. The van der Waals surface area contributed by atoms with E-state index in [1.54, 1.807) is 6.20 Å². The molecule has 3 aromatic heterocycles. The molecule has 1 aromatic carbocycles. The Kier molecular flexibility index (Phi) is 6.08. The molecule has 0 spiro atoms. The second-order valence-corrected chi connectivity index (χ2v) is 9.87. The Balaban J connectivity index is 1.09. The summed E-state index contributed by atoms with van der Waals surface area (Å²) in [7, 11) is 0. The lowest BCUT2D eigenvalue weighted by Gasteiger charge is -2.36. The third-order valence-corrected chi connectivity index (χ3v) is 7.49. The van der Waals surface area contributed by atoms with Crippen LogP contribution in [0.3, 0.4) is 0 Å². The molecule has 4 aromatic rings. The largest absolute Gasteiger partial charge is 0.354 e. The number of carbonyl (C=O) groups excluding carboxylic acids is 1. The summed E-state index contributed by atoms with van der Waals surface area (Å²) in [6, 6.07) is 19.0. The number of fused-ring (bicyclic) bond motifs is 3. The third-order valence-electron chi connectivity index (χ3n) is 7.49. The lowest BCUT2D eigenvalue weighted by atomic mass is 9.95. The number of aromatic nitrogens is 3. The maximum Gasteiger partial charge on any atom is 0.225 e. The van der Waals surface area contributed by atoms with E-state index in [-0.39, 0.29) is 17.9 Å². The molecular formula is C28H32N6O. The van der Waals surface area contributed by atoms with Crippen molar-refractivity contribution in [2.45, 2.75) is 38.3 Å². The molecular weight excluding hydrogens is 436 g/mol. The molecule has 0 aliphatic carbocycles. The van der Waals surface area contributed by atoms with Crippen molar-refractivity contribution >= 4 is 28.4 Å². The van der Waals surface area contributed by atoms with E-state index in [2.05, 4.69) is 67.1 Å². The topological polar surface area (TPSA) is 65.8 Å². The van der Waals surface area contributed by atoms with Gasteiger partial charge < -0.3 is 14.6 Å². The Hall–Kier alpha value is -3.45. The smallest absolute Gasteiger partial charge is 0.225 e. The van der Waals surface area contributed by atoms with Crippen LogP contribution in [0.15, 0.2) is 67.0 Å². The Morgan fingerprint density at radius 1 is 0.943 bits per heavy atom. The van der Waals surface area contributed by atoms with Crippen LogP contribution in [-0.4, -0.2) is 57.4 Å². The van der Waals surface area contributed by atoms with Gasteiger partial charge in [-0.1, -0.05) is 30.3 Å². The third kappa shape index (κ3) is 4.60. The average molecular weight is 469 g/mol. The highest BCUT2D eigenvalue weighted by atomic mass is 16.2. The number of piperidine rings is 2. The summed E-state index contributed by atoms with van der Waals surface area (Å²) in [5, 5.41) is 3.38. The maximum absolute atomic E-state index is 13.3. The van der Waals surface area contributed by atoms with Gasteiger partial charge in [0.15, 0.2) is 11.5 Å². The molecule has 0 saturated carbocycles. The predicted molar refractivity (Wildman–Crippen MR) is 138 cm³/mol. The molecule has 1 atom stereocenters. The Morgan fingerprint density at radius 3 is 2.63 bits per heavy atom. The Morgan fingerprint density at radius 2 is 1.77 bits per heavy atom.